The molecule has 0 radical (unpaired) electrons. The molecule has 0 saturated heterocycles. The van der Waals surface area contributed by atoms with Gasteiger partial charge >= 0.3 is 11.9 Å². The Morgan fingerprint density at radius 1 is 1.31 bits per heavy atom. The maximum atomic E-state index is 10.8. The van der Waals surface area contributed by atoms with Crippen LogP contribution in [-0.2, 0) is 9.59 Å². The van der Waals surface area contributed by atoms with Crippen molar-refractivity contribution in [2.75, 3.05) is 5.32 Å². The van der Waals surface area contributed by atoms with Crippen molar-refractivity contribution in [2.45, 2.75) is 12.5 Å². The van der Waals surface area contributed by atoms with Crippen LogP contribution in [0.3, 0.4) is 0 Å². The molecule has 0 aliphatic carbocycles. The Hall–Kier alpha value is -1.56. The zero-order valence-electron chi connectivity index (χ0n) is 8.18. The topological polar surface area (TPSA) is 86.6 Å². The van der Waals surface area contributed by atoms with Gasteiger partial charge < -0.3 is 15.5 Å². The van der Waals surface area contributed by atoms with Crippen LogP contribution in [0.2, 0.25) is 0 Å². The highest BCUT2D eigenvalue weighted by molar-refractivity contribution is 9.10. The molecule has 0 aromatic heterocycles. The Morgan fingerprint density at radius 2 is 1.94 bits per heavy atom. The van der Waals surface area contributed by atoms with Crippen molar-refractivity contribution in [1.29, 1.82) is 0 Å². The lowest BCUT2D eigenvalue weighted by molar-refractivity contribution is -0.144. The quantitative estimate of drug-likeness (QED) is 0.769. The Bertz CT molecular complexity index is 408. The third-order valence-electron chi connectivity index (χ3n) is 1.88. The molecule has 0 saturated carbocycles. The number of para-hydroxylation sites is 1. The lowest BCUT2D eigenvalue weighted by atomic mass is 10.2. The number of carboxylic acids is 2. The molecule has 0 heterocycles. The molecule has 0 amide bonds. The molecule has 0 fully saturated rings. The second kappa shape index (κ2) is 5.50. The summed E-state index contributed by atoms with van der Waals surface area (Å²) >= 11 is 3.24. The van der Waals surface area contributed by atoms with E-state index in [1.807, 2.05) is 0 Å². The average molecular weight is 288 g/mol. The van der Waals surface area contributed by atoms with E-state index in [1.54, 1.807) is 24.3 Å². The van der Waals surface area contributed by atoms with Crippen molar-refractivity contribution in [1.82, 2.24) is 0 Å². The number of hydrogen-bond acceptors (Lipinski definition) is 3. The van der Waals surface area contributed by atoms with Gasteiger partial charge in [0.05, 0.1) is 6.42 Å². The van der Waals surface area contributed by atoms with E-state index in [-0.39, 0.29) is 0 Å². The molecule has 1 rings (SSSR count). The zero-order chi connectivity index (χ0) is 12.1. The monoisotopic (exact) mass is 287 g/mol. The molecule has 86 valence electrons. The molecule has 3 N–H and O–H groups in total. The number of halogens is 1. The average Bonchev–Trinajstić information content (AvgIpc) is 2.19. The number of aliphatic carboxylic acids is 2. The number of carboxylic acid groups (broad SMARTS) is 2. The molecule has 0 bridgehead atoms. The number of benzene rings is 1. The molecule has 1 unspecified atom stereocenters. The molecule has 6 heteroatoms. The van der Waals surface area contributed by atoms with Gasteiger partial charge in [0.15, 0.2) is 0 Å². The van der Waals surface area contributed by atoms with Gasteiger partial charge in [-0.3, -0.25) is 4.79 Å². The lowest BCUT2D eigenvalue weighted by Crippen LogP contribution is -2.31. The zero-order valence-corrected chi connectivity index (χ0v) is 9.77. The van der Waals surface area contributed by atoms with Crippen LogP contribution in [0.5, 0.6) is 0 Å². The predicted molar refractivity (Wildman–Crippen MR) is 61.4 cm³/mol. The van der Waals surface area contributed by atoms with Gasteiger partial charge in [0, 0.05) is 10.2 Å². The van der Waals surface area contributed by atoms with E-state index < -0.39 is 24.4 Å². The third kappa shape index (κ3) is 3.54. The first-order chi connectivity index (χ1) is 7.50. The van der Waals surface area contributed by atoms with Crippen LogP contribution in [0, 0.1) is 0 Å². The van der Waals surface area contributed by atoms with E-state index in [2.05, 4.69) is 21.2 Å². The summed E-state index contributed by atoms with van der Waals surface area (Å²) in [6.07, 6.45) is -0.476. The number of carbonyl (C=O) groups is 2. The van der Waals surface area contributed by atoms with Gasteiger partial charge in [-0.05, 0) is 28.1 Å². The summed E-state index contributed by atoms with van der Waals surface area (Å²) in [6.45, 7) is 0. The highest BCUT2D eigenvalue weighted by Gasteiger charge is 2.21. The van der Waals surface area contributed by atoms with Crippen molar-refractivity contribution in [2.24, 2.45) is 0 Å². The van der Waals surface area contributed by atoms with E-state index >= 15 is 0 Å². The summed E-state index contributed by atoms with van der Waals surface area (Å²) in [5.41, 5.74) is 0.552. The van der Waals surface area contributed by atoms with Gasteiger partial charge in [-0.15, -0.1) is 0 Å². The Balaban J connectivity index is 2.80. The third-order valence-corrected chi connectivity index (χ3v) is 2.57. The minimum atomic E-state index is -1.20. The van der Waals surface area contributed by atoms with Gasteiger partial charge in [0.25, 0.3) is 0 Å². The van der Waals surface area contributed by atoms with Crippen molar-refractivity contribution < 1.29 is 19.8 Å². The fourth-order valence-electron chi connectivity index (χ4n) is 1.14. The number of anilines is 1. The fourth-order valence-corrected chi connectivity index (χ4v) is 1.54. The first kappa shape index (κ1) is 12.5. The SMILES string of the molecule is O=C(O)CC(Nc1ccccc1Br)C(=O)O. The van der Waals surface area contributed by atoms with Gasteiger partial charge in [0.2, 0.25) is 0 Å². The minimum absolute atomic E-state index is 0.476. The Morgan fingerprint density at radius 3 is 2.44 bits per heavy atom. The van der Waals surface area contributed by atoms with Crippen molar-refractivity contribution in [3.63, 3.8) is 0 Å². The summed E-state index contributed by atoms with van der Waals surface area (Å²) < 4.78 is 0.687. The molecule has 0 spiro atoms. The van der Waals surface area contributed by atoms with Crippen LogP contribution >= 0.6 is 15.9 Å². The molecule has 0 aliphatic heterocycles. The van der Waals surface area contributed by atoms with Crippen molar-refractivity contribution >= 4 is 33.6 Å². The second-order valence-electron chi connectivity index (χ2n) is 3.11. The molecular formula is C10H10BrNO4. The summed E-state index contributed by atoms with van der Waals surface area (Å²) in [5, 5.41) is 20.0. The van der Waals surface area contributed by atoms with Crippen LogP contribution in [0.1, 0.15) is 6.42 Å². The van der Waals surface area contributed by atoms with E-state index in [9.17, 15) is 9.59 Å². The molecule has 0 aliphatic rings. The molecule has 1 aromatic carbocycles. The Kier molecular flexibility index (Phi) is 4.30. The highest BCUT2D eigenvalue weighted by Crippen LogP contribution is 2.22. The van der Waals surface area contributed by atoms with Gasteiger partial charge in [-0.1, -0.05) is 12.1 Å². The smallest absolute Gasteiger partial charge is 0.326 e. The van der Waals surface area contributed by atoms with Crippen LogP contribution in [0.25, 0.3) is 0 Å². The number of hydrogen-bond donors (Lipinski definition) is 3. The summed E-state index contributed by atoms with van der Waals surface area (Å²) in [5.74, 6) is -2.36. The predicted octanol–water partition coefficient (Wildman–Crippen LogP) is 1.79. The molecular weight excluding hydrogens is 278 g/mol. The second-order valence-corrected chi connectivity index (χ2v) is 3.97. The fraction of sp³-hybridized carbons (Fsp3) is 0.200. The van der Waals surface area contributed by atoms with E-state index in [4.69, 9.17) is 10.2 Å². The van der Waals surface area contributed by atoms with Gasteiger partial charge in [-0.2, -0.15) is 0 Å². The number of rotatable bonds is 5. The van der Waals surface area contributed by atoms with Crippen LogP contribution < -0.4 is 5.32 Å². The first-order valence-corrected chi connectivity index (χ1v) is 5.25. The highest BCUT2D eigenvalue weighted by atomic mass is 79.9. The summed E-state index contributed by atoms with van der Waals surface area (Å²) in [6, 6.07) is 5.77. The molecule has 1 atom stereocenters. The number of nitrogens with one attached hydrogen (secondary N) is 1. The maximum absolute atomic E-state index is 10.8. The molecule has 1 aromatic rings. The maximum Gasteiger partial charge on any atom is 0.326 e. The standard InChI is InChI=1S/C10H10BrNO4/c11-6-3-1-2-4-7(6)12-8(10(15)16)5-9(13)14/h1-4,8,12H,5H2,(H,13,14)(H,15,16). The Labute approximate surface area is 100 Å². The summed E-state index contributed by atoms with van der Waals surface area (Å²) in [7, 11) is 0. The first-order valence-electron chi connectivity index (χ1n) is 4.46. The van der Waals surface area contributed by atoms with Crippen LogP contribution in [-0.4, -0.2) is 28.2 Å². The van der Waals surface area contributed by atoms with Crippen LogP contribution in [0.15, 0.2) is 28.7 Å². The van der Waals surface area contributed by atoms with E-state index in [0.717, 1.165) is 0 Å². The van der Waals surface area contributed by atoms with Gasteiger partial charge in [0.1, 0.15) is 6.04 Å². The molecule has 16 heavy (non-hydrogen) atoms. The summed E-state index contributed by atoms with van der Waals surface area (Å²) in [4.78, 5) is 21.3. The van der Waals surface area contributed by atoms with Crippen LogP contribution in [0.4, 0.5) is 5.69 Å². The van der Waals surface area contributed by atoms with Crippen molar-refractivity contribution in [3.8, 4) is 0 Å². The minimum Gasteiger partial charge on any atom is -0.481 e. The molecule has 5 nitrogen and oxygen atoms in total. The lowest BCUT2D eigenvalue weighted by Gasteiger charge is -2.14. The van der Waals surface area contributed by atoms with Gasteiger partial charge in [-0.25, -0.2) is 4.79 Å². The largest absolute Gasteiger partial charge is 0.481 e. The normalized spacial score (nSPS) is 11.8. The van der Waals surface area contributed by atoms with Crippen molar-refractivity contribution in [3.05, 3.63) is 28.7 Å². The van der Waals surface area contributed by atoms with E-state index in [1.165, 1.54) is 0 Å². The van der Waals surface area contributed by atoms with E-state index in [0.29, 0.717) is 10.2 Å².